The molecule has 1 saturated heterocycles. The van der Waals surface area contributed by atoms with Crippen LogP contribution in [0.2, 0.25) is 0 Å². The molecule has 1 fully saturated rings. The fourth-order valence-corrected chi connectivity index (χ4v) is 4.29. The molecule has 146 valence electrons. The fourth-order valence-electron chi connectivity index (χ4n) is 4.29. The molecule has 1 aliphatic carbocycles. The molecular weight excluding hydrogens is 352 g/mol. The van der Waals surface area contributed by atoms with Gasteiger partial charge in [-0.2, -0.15) is 0 Å². The van der Waals surface area contributed by atoms with Crippen LogP contribution in [-0.4, -0.2) is 56.3 Å². The lowest BCUT2D eigenvalue weighted by Crippen LogP contribution is -2.48. The second-order valence-electron chi connectivity index (χ2n) is 7.79. The predicted octanol–water partition coefficient (Wildman–Crippen LogP) is 3.29. The molecule has 0 atom stereocenters. The summed E-state index contributed by atoms with van der Waals surface area (Å²) in [7, 11) is 1.70. The van der Waals surface area contributed by atoms with Crippen molar-refractivity contribution in [1.29, 1.82) is 0 Å². The van der Waals surface area contributed by atoms with Crippen molar-refractivity contribution in [3.63, 3.8) is 0 Å². The van der Waals surface area contributed by atoms with Crippen LogP contribution >= 0.6 is 0 Å². The normalized spacial score (nSPS) is 19.0. The number of nitrogens with zero attached hydrogens (tertiary/aromatic N) is 2. The average molecular weight is 378 g/mol. The van der Waals surface area contributed by atoms with Gasteiger partial charge in [0.1, 0.15) is 5.75 Å². The van der Waals surface area contributed by atoms with E-state index in [9.17, 15) is 9.59 Å². The van der Waals surface area contributed by atoms with E-state index in [2.05, 4.69) is 15.9 Å². The van der Waals surface area contributed by atoms with Crippen molar-refractivity contribution in [2.45, 2.75) is 13.3 Å². The maximum atomic E-state index is 12.8. The Kier molecular flexibility index (Phi) is 4.94. The third-order valence-corrected chi connectivity index (χ3v) is 6.14. The second-order valence-corrected chi connectivity index (χ2v) is 7.79. The number of hydrogen-bond donors (Lipinski definition) is 0. The molecular formula is C23H26N2O3. The molecule has 0 N–H and O–H groups in total. The zero-order valence-electron chi connectivity index (χ0n) is 16.5. The topological polar surface area (TPSA) is 49.9 Å². The smallest absolute Gasteiger partial charge is 0.177 e. The number of methoxy groups -OCH3 is 1. The summed E-state index contributed by atoms with van der Waals surface area (Å²) in [6.07, 6.45) is 0.563. The number of carbonyl (C=O) groups is 2. The highest BCUT2D eigenvalue weighted by atomic mass is 16.5. The van der Waals surface area contributed by atoms with E-state index in [1.54, 1.807) is 19.2 Å². The van der Waals surface area contributed by atoms with Crippen molar-refractivity contribution in [1.82, 2.24) is 4.90 Å². The van der Waals surface area contributed by atoms with Crippen molar-refractivity contribution in [2.24, 2.45) is 5.41 Å². The monoisotopic (exact) mass is 378 g/mol. The van der Waals surface area contributed by atoms with Gasteiger partial charge in [-0.25, -0.2) is 0 Å². The summed E-state index contributed by atoms with van der Waals surface area (Å²) in [6.45, 7) is 6.18. The van der Waals surface area contributed by atoms with E-state index in [4.69, 9.17) is 4.74 Å². The molecule has 0 spiro atoms. The number of Topliss-reactive ketones (excluding diaryl/α,β-unsaturated/α-hetero) is 2. The van der Waals surface area contributed by atoms with Gasteiger partial charge in [0.05, 0.1) is 18.2 Å². The molecule has 0 aromatic heterocycles. The SMILES string of the molecule is COc1ccccc1N1CCN(CCC2(C)C(=O)c3ccccc3C2=O)CC1. The number of piperazine rings is 1. The molecule has 5 nitrogen and oxygen atoms in total. The van der Waals surface area contributed by atoms with Crippen molar-refractivity contribution < 1.29 is 14.3 Å². The highest BCUT2D eigenvalue weighted by Gasteiger charge is 2.48. The molecule has 0 saturated carbocycles. The van der Waals surface area contributed by atoms with E-state index >= 15 is 0 Å². The highest BCUT2D eigenvalue weighted by Crippen LogP contribution is 2.39. The van der Waals surface area contributed by atoms with Gasteiger partial charge >= 0.3 is 0 Å². The number of ketones is 2. The van der Waals surface area contributed by atoms with Gasteiger partial charge in [-0.05, 0) is 32.0 Å². The van der Waals surface area contributed by atoms with Crippen LogP contribution in [-0.2, 0) is 0 Å². The number of anilines is 1. The minimum absolute atomic E-state index is 0.0271. The summed E-state index contributed by atoms with van der Waals surface area (Å²) in [5.41, 5.74) is 1.35. The largest absolute Gasteiger partial charge is 0.495 e. The standard InChI is InChI=1S/C23H26N2O3/c1-23(21(26)17-7-3-4-8-18(17)22(23)27)11-12-24-13-15-25(16-14-24)19-9-5-6-10-20(19)28-2/h3-10H,11-16H2,1-2H3. The third kappa shape index (κ3) is 3.10. The number of hydrogen-bond acceptors (Lipinski definition) is 5. The first-order valence-electron chi connectivity index (χ1n) is 9.83. The van der Waals surface area contributed by atoms with Crippen molar-refractivity contribution in [2.75, 3.05) is 44.7 Å². The Hall–Kier alpha value is -2.66. The van der Waals surface area contributed by atoms with Crippen LogP contribution in [0.3, 0.4) is 0 Å². The first-order valence-corrected chi connectivity index (χ1v) is 9.83. The van der Waals surface area contributed by atoms with Gasteiger partial charge in [0, 0.05) is 37.3 Å². The molecule has 1 aliphatic heterocycles. The van der Waals surface area contributed by atoms with Crippen LogP contribution < -0.4 is 9.64 Å². The van der Waals surface area contributed by atoms with Gasteiger partial charge in [0.25, 0.3) is 0 Å². The Balaban J connectivity index is 1.37. The zero-order chi connectivity index (χ0) is 19.7. The average Bonchev–Trinajstić information content (AvgIpc) is 2.94. The molecule has 0 radical (unpaired) electrons. The van der Waals surface area contributed by atoms with Gasteiger partial charge in [-0.3, -0.25) is 14.5 Å². The first kappa shape index (κ1) is 18.7. The summed E-state index contributed by atoms with van der Waals surface area (Å²) in [5, 5.41) is 0. The van der Waals surface area contributed by atoms with Gasteiger partial charge in [-0.15, -0.1) is 0 Å². The van der Waals surface area contributed by atoms with E-state index in [1.165, 1.54) is 0 Å². The van der Waals surface area contributed by atoms with Crippen LogP contribution in [0.25, 0.3) is 0 Å². The van der Waals surface area contributed by atoms with Crippen LogP contribution in [0.1, 0.15) is 34.1 Å². The summed E-state index contributed by atoms with van der Waals surface area (Å²) < 4.78 is 5.48. The number of ether oxygens (including phenoxy) is 1. The van der Waals surface area contributed by atoms with Crippen LogP contribution in [0.4, 0.5) is 5.69 Å². The first-order chi connectivity index (χ1) is 13.5. The maximum Gasteiger partial charge on any atom is 0.177 e. The molecule has 4 rings (SSSR count). The Labute approximate surface area is 165 Å². The lowest BCUT2D eigenvalue weighted by molar-refractivity contribution is 0.0687. The van der Waals surface area contributed by atoms with Crippen LogP contribution in [0.5, 0.6) is 5.75 Å². The Bertz CT molecular complexity index is 865. The number of fused-ring (bicyclic) bond motifs is 1. The third-order valence-electron chi connectivity index (χ3n) is 6.14. The van der Waals surface area contributed by atoms with Crippen molar-refractivity contribution in [3.8, 4) is 5.75 Å². The second kappa shape index (κ2) is 7.40. The molecule has 2 aromatic rings. The molecule has 5 heteroatoms. The zero-order valence-corrected chi connectivity index (χ0v) is 16.5. The molecule has 2 aromatic carbocycles. The van der Waals surface area contributed by atoms with Gasteiger partial charge in [-0.1, -0.05) is 36.4 Å². The summed E-state index contributed by atoms with van der Waals surface area (Å²) >= 11 is 0. The lowest BCUT2D eigenvalue weighted by atomic mass is 9.81. The van der Waals surface area contributed by atoms with Gasteiger partial charge in [0.15, 0.2) is 11.6 Å². The fraction of sp³-hybridized carbons (Fsp3) is 0.391. The molecule has 2 aliphatic rings. The summed E-state index contributed by atoms with van der Waals surface area (Å²) in [6, 6.07) is 15.3. The van der Waals surface area contributed by atoms with E-state index in [-0.39, 0.29) is 11.6 Å². The molecule has 0 amide bonds. The predicted molar refractivity (Wildman–Crippen MR) is 109 cm³/mol. The minimum Gasteiger partial charge on any atom is -0.495 e. The summed E-state index contributed by atoms with van der Waals surface area (Å²) in [5.74, 6) is 0.838. The Morgan fingerprint density at radius 2 is 1.46 bits per heavy atom. The minimum atomic E-state index is -0.927. The highest BCUT2D eigenvalue weighted by molar-refractivity contribution is 6.29. The number of benzene rings is 2. The van der Waals surface area contributed by atoms with E-state index < -0.39 is 5.41 Å². The number of rotatable bonds is 5. The quantitative estimate of drug-likeness (QED) is 0.748. The number of carbonyl (C=O) groups excluding carboxylic acids is 2. The van der Waals surface area contributed by atoms with Gasteiger partial charge < -0.3 is 9.64 Å². The summed E-state index contributed by atoms with van der Waals surface area (Å²) in [4.78, 5) is 30.4. The lowest BCUT2D eigenvalue weighted by Gasteiger charge is -2.37. The van der Waals surface area contributed by atoms with Crippen molar-refractivity contribution >= 4 is 17.3 Å². The van der Waals surface area contributed by atoms with E-state index in [1.807, 2.05) is 37.3 Å². The molecule has 0 unspecified atom stereocenters. The van der Waals surface area contributed by atoms with Crippen LogP contribution in [0.15, 0.2) is 48.5 Å². The van der Waals surface area contributed by atoms with Gasteiger partial charge in [0.2, 0.25) is 0 Å². The molecule has 28 heavy (non-hydrogen) atoms. The van der Waals surface area contributed by atoms with E-state index in [0.29, 0.717) is 17.5 Å². The Morgan fingerprint density at radius 3 is 2.07 bits per heavy atom. The van der Waals surface area contributed by atoms with Crippen molar-refractivity contribution in [3.05, 3.63) is 59.7 Å². The Morgan fingerprint density at radius 1 is 0.893 bits per heavy atom. The molecule has 0 bridgehead atoms. The van der Waals surface area contributed by atoms with E-state index in [0.717, 1.165) is 44.2 Å². The molecule has 1 heterocycles. The maximum absolute atomic E-state index is 12.8. The van der Waals surface area contributed by atoms with Crippen LogP contribution in [0, 0.1) is 5.41 Å². The number of para-hydroxylation sites is 2.